The van der Waals surface area contributed by atoms with E-state index in [-0.39, 0.29) is 11.4 Å². The van der Waals surface area contributed by atoms with E-state index in [0.29, 0.717) is 11.1 Å². The third kappa shape index (κ3) is 1.78. The number of hydrogen-bond acceptors (Lipinski definition) is 2. The minimum Gasteiger partial charge on any atom is -0.472 e. The van der Waals surface area contributed by atoms with E-state index in [0.717, 1.165) is 0 Å². The molecule has 0 saturated heterocycles. The topological polar surface area (TPSA) is 33.4 Å². The molecule has 78 valence electrons. The summed E-state index contributed by atoms with van der Waals surface area (Å²) < 4.78 is 18.5. The van der Waals surface area contributed by atoms with Crippen LogP contribution in [0, 0.1) is 12.7 Å². The van der Waals surface area contributed by atoms with Crippen molar-refractivity contribution in [3.8, 4) is 0 Å². The van der Waals surface area contributed by atoms with Gasteiger partial charge in [-0.05, 0) is 18.6 Å². The van der Waals surface area contributed by atoms with E-state index in [1.807, 2.05) is 0 Å². The predicted molar refractivity (Wildman–Crippen MR) is 53.9 cm³/mol. The molecule has 0 amide bonds. The molecule has 0 aliphatic carbocycles. The van der Waals surface area contributed by atoms with E-state index in [4.69, 9.17) is 4.42 Å². The van der Waals surface area contributed by atoms with Crippen molar-refractivity contribution in [2.75, 3.05) is 0 Å². The first-order valence-electron chi connectivity index (χ1n) is 4.65. The molecular weight excluding hydrogens is 195 g/mol. The minimum atomic E-state index is -0.969. The second-order valence-electron chi connectivity index (χ2n) is 3.44. The van der Waals surface area contributed by atoms with Gasteiger partial charge in [-0.1, -0.05) is 18.2 Å². The molecule has 0 radical (unpaired) electrons. The number of benzene rings is 1. The largest absolute Gasteiger partial charge is 0.472 e. The van der Waals surface area contributed by atoms with Gasteiger partial charge in [-0.3, -0.25) is 0 Å². The Balaban J connectivity index is 2.42. The maximum absolute atomic E-state index is 13.7. The van der Waals surface area contributed by atoms with Gasteiger partial charge in [0.15, 0.2) is 0 Å². The summed E-state index contributed by atoms with van der Waals surface area (Å²) in [6.45, 7) is 1.67. The Morgan fingerprint density at radius 3 is 2.80 bits per heavy atom. The predicted octanol–water partition coefficient (Wildman–Crippen LogP) is 2.81. The fraction of sp³-hybridized carbons (Fsp3) is 0.167. The van der Waals surface area contributed by atoms with E-state index in [9.17, 15) is 9.50 Å². The van der Waals surface area contributed by atoms with Crippen LogP contribution in [0.4, 0.5) is 4.39 Å². The highest BCUT2D eigenvalue weighted by atomic mass is 19.1. The van der Waals surface area contributed by atoms with Crippen LogP contribution in [0.1, 0.15) is 22.8 Å². The first-order valence-corrected chi connectivity index (χ1v) is 4.65. The van der Waals surface area contributed by atoms with Gasteiger partial charge in [0, 0.05) is 11.1 Å². The Bertz CT molecular complexity index is 449. The molecule has 1 unspecified atom stereocenters. The average Bonchev–Trinajstić information content (AvgIpc) is 2.74. The lowest BCUT2D eigenvalue weighted by molar-refractivity contribution is 0.213. The van der Waals surface area contributed by atoms with E-state index in [2.05, 4.69) is 0 Å². The van der Waals surface area contributed by atoms with Gasteiger partial charge in [0.2, 0.25) is 0 Å². The molecule has 1 heterocycles. The highest BCUT2D eigenvalue weighted by Gasteiger charge is 2.16. The highest BCUT2D eigenvalue weighted by Crippen LogP contribution is 2.25. The van der Waals surface area contributed by atoms with Gasteiger partial charge >= 0.3 is 0 Å². The number of furan rings is 1. The van der Waals surface area contributed by atoms with Crippen LogP contribution < -0.4 is 0 Å². The number of halogens is 1. The van der Waals surface area contributed by atoms with Crippen molar-refractivity contribution in [2.45, 2.75) is 13.0 Å². The summed E-state index contributed by atoms with van der Waals surface area (Å²) in [5, 5.41) is 9.89. The summed E-state index contributed by atoms with van der Waals surface area (Å²) in [5.74, 6) is -0.369. The van der Waals surface area contributed by atoms with Crippen LogP contribution in [-0.2, 0) is 0 Å². The average molecular weight is 206 g/mol. The van der Waals surface area contributed by atoms with Crippen LogP contribution in [0.15, 0.2) is 41.2 Å². The van der Waals surface area contributed by atoms with Crippen LogP contribution in [0.5, 0.6) is 0 Å². The van der Waals surface area contributed by atoms with E-state index in [1.165, 1.54) is 12.5 Å². The molecule has 0 fully saturated rings. The van der Waals surface area contributed by atoms with Crippen molar-refractivity contribution >= 4 is 0 Å². The van der Waals surface area contributed by atoms with E-state index in [1.54, 1.807) is 31.2 Å². The maximum atomic E-state index is 13.7. The second-order valence-corrected chi connectivity index (χ2v) is 3.44. The van der Waals surface area contributed by atoms with Gasteiger partial charge in [0.05, 0.1) is 12.5 Å². The van der Waals surface area contributed by atoms with Crippen molar-refractivity contribution in [1.82, 2.24) is 0 Å². The van der Waals surface area contributed by atoms with Crippen LogP contribution in [0.3, 0.4) is 0 Å². The first-order chi connectivity index (χ1) is 7.20. The zero-order chi connectivity index (χ0) is 10.8. The van der Waals surface area contributed by atoms with Gasteiger partial charge in [0.1, 0.15) is 11.9 Å². The molecule has 2 rings (SSSR count). The number of aliphatic hydroxyl groups excluding tert-OH is 1. The van der Waals surface area contributed by atoms with Crippen molar-refractivity contribution in [2.24, 2.45) is 0 Å². The molecule has 0 bridgehead atoms. The standard InChI is InChI=1S/C12H11FO2/c1-8-3-2-4-10(11(8)13)12(14)9-5-6-15-7-9/h2-7,12,14H,1H3. The maximum Gasteiger partial charge on any atom is 0.132 e. The van der Waals surface area contributed by atoms with E-state index < -0.39 is 6.10 Å². The van der Waals surface area contributed by atoms with Gasteiger partial charge in [-0.15, -0.1) is 0 Å². The number of rotatable bonds is 2. The summed E-state index contributed by atoms with van der Waals surface area (Å²) in [6.07, 6.45) is 1.89. The molecule has 1 aromatic carbocycles. The molecule has 2 nitrogen and oxygen atoms in total. The smallest absolute Gasteiger partial charge is 0.132 e. The molecule has 1 N–H and O–H groups in total. The summed E-state index contributed by atoms with van der Waals surface area (Å²) in [4.78, 5) is 0. The van der Waals surface area contributed by atoms with Gasteiger partial charge in [-0.2, -0.15) is 0 Å². The van der Waals surface area contributed by atoms with Crippen LogP contribution in [0.25, 0.3) is 0 Å². The van der Waals surface area contributed by atoms with Gasteiger partial charge in [-0.25, -0.2) is 4.39 Å². The quantitative estimate of drug-likeness (QED) is 0.819. The third-order valence-electron chi connectivity index (χ3n) is 2.38. The highest BCUT2D eigenvalue weighted by molar-refractivity contribution is 5.32. The number of aliphatic hydroxyl groups is 1. The van der Waals surface area contributed by atoms with Crippen molar-refractivity contribution in [1.29, 1.82) is 0 Å². The number of hydrogen-bond donors (Lipinski definition) is 1. The van der Waals surface area contributed by atoms with Crippen molar-refractivity contribution in [3.63, 3.8) is 0 Å². The van der Waals surface area contributed by atoms with Crippen molar-refractivity contribution < 1.29 is 13.9 Å². The lowest BCUT2D eigenvalue weighted by Crippen LogP contribution is -2.02. The summed E-state index contributed by atoms with van der Waals surface area (Å²) >= 11 is 0. The molecule has 0 saturated carbocycles. The molecule has 3 heteroatoms. The summed E-state index contributed by atoms with van der Waals surface area (Å²) in [6, 6.07) is 6.57. The van der Waals surface area contributed by atoms with E-state index >= 15 is 0 Å². The van der Waals surface area contributed by atoms with Crippen molar-refractivity contribution in [3.05, 3.63) is 59.3 Å². The number of aryl methyl sites for hydroxylation is 1. The lowest BCUT2D eigenvalue weighted by atomic mass is 10.0. The lowest BCUT2D eigenvalue weighted by Gasteiger charge is -2.10. The van der Waals surface area contributed by atoms with Gasteiger partial charge in [0.25, 0.3) is 0 Å². The first kappa shape index (κ1) is 9.93. The molecular formula is C12H11FO2. The van der Waals surface area contributed by atoms with Crippen LogP contribution in [0.2, 0.25) is 0 Å². The SMILES string of the molecule is Cc1cccc(C(O)c2ccoc2)c1F. The zero-order valence-corrected chi connectivity index (χ0v) is 8.27. The van der Waals surface area contributed by atoms with Crippen LogP contribution >= 0.6 is 0 Å². The van der Waals surface area contributed by atoms with Gasteiger partial charge < -0.3 is 9.52 Å². The zero-order valence-electron chi connectivity index (χ0n) is 8.27. The fourth-order valence-corrected chi connectivity index (χ4v) is 1.49. The Labute approximate surface area is 87.0 Å². The molecule has 0 aliphatic rings. The fourth-order valence-electron chi connectivity index (χ4n) is 1.49. The second kappa shape index (κ2) is 3.87. The summed E-state index contributed by atoms with van der Waals surface area (Å²) in [5.41, 5.74) is 1.35. The Hall–Kier alpha value is -1.61. The Kier molecular flexibility index (Phi) is 2.56. The third-order valence-corrected chi connectivity index (χ3v) is 2.38. The Morgan fingerprint density at radius 2 is 2.13 bits per heavy atom. The molecule has 0 spiro atoms. The normalized spacial score (nSPS) is 12.7. The molecule has 1 atom stereocenters. The molecule has 2 aromatic rings. The Morgan fingerprint density at radius 1 is 1.33 bits per heavy atom. The molecule has 1 aromatic heterocycles. The molecule has 0 aliphatic heterocycles. The monoisotopic (exact) mass is 206 g/mol. The summed E-state index contributed by atoms with van der Waals surface area (Å²) in [7, 11) is 0. The minimum absolute atomic E-state index is 0.274. The van der Waals surface area contributed by atoms with Crippen LogP contribution in [-0.4, -0.2) is 5.11 Å². The molecule has 15 heavy (non-hydrogen) atoms.